The van der Waals surface area contributed by atoms with Gasteiger partial charge in [0.05, 0.1) is 0 Å². The summed E-state index contributed by atoms with van der Waals surface area (Å²) in [4.78, 5) is 4.05. The number of rotatable bonds is 7. The topological polar surface area (TPSA) is 43.4 Å². The molecule has 1 aliphatic carbocycles. The average molecular weight is 406 g/mol. The molecule has 8 heteroatoms. The second-order valence-corrected chi connectivity index (χ2v) is 6.88. The van der Waals surface area contributed by atoms with E-state index in [9.17, 15) is 17.6 Å². The highest BCUT2D eigenvalue weighted by atomic mass is 19.3. The molecule has 1 N–H and O–H groups in total. The Hall–Kier alpha value is -2.87. The second kappa shape index (κ2) is 8.24. The van der Waals surface area contributed by atoms with Crippen LogP contribution >= 0.6 is 0 Å². The van der Waals surface area contributed by atoms with Crippen LogP contribution in [0.3, 0.4) is 0 Å². The monoisotopic (exact) mass is 406 g/mol. The van der Waals surface area contributed by atoms with Gasteiger partial charge < -0.3 is 14.8 Å². The molecule has 1 aromatic heterocycles. The molecule has 1 aliphatic rings. The first kappa shape index (κ1) is 19.4. The molecular weight excluding hydrogens is 388 g/mol. The minimum atomic E-state index is -3.09. The third-order valence-electron chi connectivity index (χ3n) is 4.96. The number of hydrogen-bond acceptors (Lipinski definition) is 4. The predicted octanol–water partition coefficient (Wildman–Crippen LogP) is 4.81. The number of hydrogen-bond donors (Lipinski definition) is 1. The molecule has 0 bridgehead atoms. The highest BCUT2D eigenvalue weighted by Gasteiger charge is 2.31. The van der Waals surface area contributed by atoms with Gasteiger partial charge in [-0.3, -0.25) is 4.98 Å². The molecule has 0 spiro atoms. The summed E-state index contributed by atoms with van der Waals surface area (Å²) in [6.07, 6.45) is 4.54. The molecule has 1 saturated carbocycles. The van der Waals surface area contributed by atoms with Crippen LogP contribution in [-0.4, -0.2) is 23.7 Å². The Morgan fingerprint density at radius 1 is 1.07 bits per heavy atom. The van der Waals surface area contributed by atoms with Crippen molar-refractivity contribution in [2.75, 3.05) is 0 Å². The Morgan fingerprint density at radius 2 is 1.90 bits per heavy atom. The van der Waals surface area contributed by atoms with E-state index in [0.717, 1.165) is 22.9 Å². The Balaban J connectivity index is 1.30. The Bertz CT molecular complexity index is 1010. The van der Waals surface area contributed by atoms with Crippen molar-refractivity contribution in [1.29, 1.82) is 0 Å². The van der Waals surface area contributed by atoms with Crippen molar-refractivity contribution in [2.45, 2.75) is 38.1 Å². The fourth-order valence-electron chi connectivity index (χ4n) is 3.40. The van der Waals surface area contributed by atoms with Gasteiger partial charge in [0, 0.05) is 42.0 Å². The molecule has 0 aliphatic heterocycles. The van der Waals surface area contributed by atoms with E-state index in [2.05, 4.69) is 15.0 Å². The Labute approximate surface area is 164 Å². The number of halogens is 4. The average Bonchev–Trinajstić information content (AvgIpc) is 2.66. The normalized spacial score (nSPS) is 18.7. The van der Waals surface area contributed by atoms with E-state index < -0.39 is 18.2 Å². The van der Waals surface area contributed by atoms with Crippen LogP contribution in [0.25, 0.3) is 10.8 Å². The van der Waals surface area contributed by atoms with Gasteiger partial charge in [-0.2, -0.15) is 8.78 Å². The van der Waals surface area contributed by atoms with Crippen molar-refractivity contribution < 1.29 is 27.0 Å². The van der Waals surface area contributed by atoms with E-state index in [1.165, 1.54) is 12.1 Å². The fourth-order valence-corrected chi connectivity index (χ4v) is 3.40. The number of aromatic nitrogens is 1. The van der Waals surface area contributed by atoms with E-state index in [1.54, 1.807) is 24.5 Å². The largest absolute Gasteiger partial charge is 0.490 e. The molecule has 2 aromatic carbocycles. The molecule has 3 aromatic rings. The van der Waals surface area contributed by atoms with Crippen LogP contribution in [0.15, 0.2) is 48.8 Å². The number of nitrogens with zero attached hydrogens (tertiary/aromatic N) is 1. The van der Waals surface area contributed by atoms with Gasteiger partial charge in [-0.05, 0) is 48.6 Å². The Kier molecular flexibility index (Phi) is 5.53. The number of ether oxygens (including phenoxy) is 2. The van der Waals surface area contributed by atoms with E-state index in [-0.39, 0.29) is 23.7 Å². The summed E-state index contributed by atoms with van der Waals surface area (Å²) in [5.74, 6) is -1.45. The zero-order valence-corrected chi connectivity index (χ0v) is 15.2. The van der Waals surface area contributed by atoms with E-state index >= 15 is 0 Å². The van der Waals surface area contributed by atoms with Crippen molar-refractivity contribution in [3.8, 4) is 11.5 Å². The van der Waals surface area contributed by atoms with E-state index in [4.69, 9.17) is 4.74 Å². The van der Waals surface area contributed by atoms with E-state index in [1.807, 2.05) is 0 Å². The number of pyridine rings is 1. The van der Waals surface area contributed by atoms with Crippen molar-refractivity contribution in [3.63, 3.8) is 0 Å². The van der Waals surface area contributed by atoms with Crippen LogP contribution in [0.2, 0.25) is 0 Å². The quantitative estimate of drug-likeness (QED) is 0.572. The maximum Gasteiger partial charge on any atom is 0.387 e. The molecule has 0 unspecified atom stereocenters. The molecule has 1 heterocycles. The van der Waals surface area contributed by atoms with Gasteiger partial charge in [-0.15, -0.1) is 0 Å². The Morgan fingerprint density at radius 3 is 2.66 bits per heavy atom. The van der Waals surface area contributed by atoms with Gasteiger partial charge in [0.1, 0.15) is 17.7 Å². The third kappa shape index (κ3) is 4.42. The minimum Gasteiger partial charge on any atom is -0.490 e. The maximum absolute atomic E-state index is 14.2. The van der Waals surface area contributed by atoms with Crippen LogP contribution in [-0.2, 0) is 6.54 Å². The van der Waals surface area contributed by atoms with Crippen LogP contribution < -0.4 is 14.8 Å². The van der Waals surface area contributed by atoms with Gasteiger partial charge in [-0.25, -0.2) is 8.78 Å². The van der Waals surface area contributed by atoms with Gasteiger partial charge in [0.15, 0.2) is 11.6 Å². The van der Waals surface area contributed by atoms with E-state index in [0.29, 0.717) is 24.9 Å². The zero-order chi connectivity index (χ0) is 20.4. The molecule has 4 nitrogen and oxygen atoms in total. The summed E-state index contributed by atoms with van der Waals surface area (Å²) in [5, 5.41) is 5.01. The minimum absolute atomic E-state index is 0.129. The molecule has 1 fully saturated rings. The van der Waals surface area contributed by atoms with Crippen molar-refractivity contribution >= 4 is 10.8 Å². The van der Waals surface area contributed by atoms with Crippen molar-refractivity contribution in [2.24, 2.45) is 0 Å². The molecule has 0 atom stereocenters. The second-order valence-electron chi connectivity index (χ2n) is 6.88. The van der Waals surface area contributed by atoms with Crippen LogP contribution in [0.1, 0.15) is 18.4 Å². The summed E-state index contributed by atoms with van der Waals surface area (Å²) >= 11 is 0. The molecule has 4 rings (SSSR count). The first-order chi connectivity index (χ1) is 14.0. The highest BCUT2D eigenvalue weighted by Crippen LogP contribution is 2.30. The summed E-state index contributed by atoms with van der Waals surface area (Å²) in [5.41, 5.74) is 0.589. The van der Waals surface area contributed by atoms with Crippen molar-refractivity contribution in [1.82, 2.24) is 10.3 Å². The summed E-state index contributed by atoms with van der Waals surface area (Å²) in [6.45, 7) is -2.71. The highest BCUT2D eigenvalue weighted by molar-refractivity contribution is 5.84. The number of benzene rings is 2. The first-order valence-corrected chi connectivity index (χ1v) is 9.15. The van der Waals surface area contributed by atoms with Gasteiger partial charge in [-0.1, -0.05) is 0 Å². The fraction of sp³-hybridized carbons (Fsp3) is 0.286. The molecule has 152 valence electrons. The summed E-state index contributed by atoms with van der Waals surface area (Å²) < 4.78 is 62.0. The first-order valence-electron chi connectivity index (χ1n) is 9.15. The number of alkyl halides is 2. The lowest BCUT2D eigenvalue weighted by molar-refractivity contribution is -0.0522. The van der Waals surface area contributed by atoms with Gasteiger partial charge in [0.25, 0.3) is 0 Å². The lowest BCUT2D eigenvalue weighted by atomic mass is 9.89. The summed E-state index contributed by atoms with van der Waals surface area (Å²) in [7, 11) is 0. The lowest BCUT2D eigenvalue weighted by Crippen LogP contribution is -2.46. The zero-order valence-electron chi connectivity index (χ0n) is 15.2. The predicted molar refractivity (Wildman–Crippen MR) is 99.0 cm³/mol. The van der Waals surface area contributed by atoms with Crippen molar-refractivity contribution in [3.05, 3.63) is 66.0 Å². The van der Waals surface area contributed by atoms with Gasteiger partial charge in [0.2, 0.25) is 0 Å². The smallest absolute Gasteiger partial charge is 0.387 e. The molecule has 0 radical (unpaired) electrons. The molecular formula is C21H18F4N2O2. The van der Waals surface area contributed by atoms with Crippen LogP contribution in [0.5, 0.6) is 11.5 Å². The van der Waals surface area contributed by atoms with Crippen LogP contribution in [0.4, 0.5) is 17.6 Å². The molecule has 0 amide bonds. The standard InChI is InChI=1S/C21H18F4N2O2/c22-18-3-1-12-10-26-6-5-16(12)17(18)11-27-13-7-15(8-13)28-14-2-4-20(19(23)9-14)29-21(24)25/h1-6,9-10,13,15,21,27H,7-8,11H2/t13-,15-. The number of nitrogens with one attached hydrogen (secondary N) is 1. The molecule has 0 saturated heterocycles. The summed E-state index contributed by atoms with van der Waals surface area (Å²) in [6, 6.07) is 8.60. The van der Waals surface area contributed by atoms with Gasteiger partial charge >= 0.3 is 6.61 Å². The maximum atomic E-state index is 14.2. The molecule has 29 heavy (non-hydrogen) atoms. The SMILES string of the molecule is Fc1cc(O[C@H]2C[C@H](NCc3c(F)ccc4cnccc34)C2)ccc1OC(F)F. The number of fused-ring (bicyclic) bond motifs is 1. The third-order valence-corrected chi connectivity index (χ3v) is 4.96. The van der Waals surface area contributed by atoms with Crippen LogP contribution in [0, 0.1) is 11.6 Å². The lowest BCUT2D eigenvalue weighted by Gasteiger charge is -2.36.